The monoisotopic (exact) mass is 268 g/mol. The second kappa shape index (κ2) is 5.90. The molecule has 2 amide bonds. The summed E-state index contributed by atoms with van der Waals surface area (Å²) in [6, 6.07) is 0. The van der Waals surface area contributed by atoms with Gasteiger partial charge in [0.05, 0.1) is 19.3 Å². The van der Waals surface area contributed by atoms with Crippen LogP contribution in [0.2, 0.25) is 0 Å². The minimum Gasteiger partial charge on any atom is -0.377 e. The number of carbonyl (C=O) groups is 2. The van der Waals surface area contributed by atoms with Gasteiger partial charge in [0, 0.05) is 6.54 Å². The van der Waals surface area contributed by atoms with E-state index in [1.165, 1.54) is 0 Å². The number of piperazine rings is 1. The Hall–Kier alpha value is -1.10. The Kier molecular flexibility index (Phi) is 4.45. The molecule has 5 nitrogen and oxygen atoms in total. The molecule has 0 aromatic heterocycles. The first-order valence-corrected chi connectivity index (χ1v) is 7.25. The lowest BCUT2D eigenvalue weighted by atomic mass is 9.79. The summed E-state index contributed by atoms with van der Waals surface area (Å²) in [5.74, 6) is 0.0465. The van der Waals surface area contributed by atoms with Crippen LogP contribution in [0.1, 0.15) is 46.0 Å². The third-order valence-electron chi connectivity index (χ3n) is 3.93. The van der Waals surface area contributed by atoms with Crippen molar-refractivity contribution in [2.75, 3.05) is 19.7 Å². The van der Waals surface area contributed by atoms with Crippen LogP contribution >= 0.6 is 0 Å². The van der Waals surface area contributed by atoms with Crippen molar-refractivity contribution in [1.82, 2.24) is 10.2 Å². The van der Waals surface area contributed by atoms with Crippen molar-refractivity contribution in [2.45, 2.75) is 57.6 Å². The van der Waals surface area contributed by atoms with Crippen LogP contribution in [0.4, 0.5) is 0 Å². The lowest BCUT2D eigenvalue weighted by molar-refractivity contribution is -0.152. The molecule has 108 valence electrons. The molecule has 5 heteroatoms. The Balaban J connectivity index is 1.99. The highest BCUT2D eigenvalue weighted by molar-refractivity contribution is 5.98. The smallest absolute Gasteiger partial charge is 0.248 e. The molecule has 0 radical (unpaired) electrons. The molecule has 2 fully saturated rings. The molecule has 0 aromatic carbocycles. The average molecular weight is 268 g/mol. The van der Waals surface area contributed by atoms with Crippen LogP contribution in [0.15, 0.2) is 0 Å². The topological polar surface area (TPSA) is 58.6 Å². The summed E-state index contributed by atoms with van der Waals surface area (Å²) in [6.45, 7) is 5.10. The highest BCUT2D eigenvalue weighted by atomic mass is 16.5. The number of carbonyl (C=O) groups excluding carboxylic acids is 2. The van der Waals surface area contributed by atoms with Gasteiger partial charge in [-0.3, -0.25) is 9.59 Å². The van der Waals surface area contributed by atoms with Gasteiger partial charge in [-0.1, -0.05) is 19.3 Å². The first kappa shape index (κ1) is 14.3. The van der Waals surface area contributed by atoms with Gasteiger partial charge in [-0.15, -0.1) is 0 Å². The van der Waals surface area contributed by atoms with Crippen LogP contribution in [-0.4, -0.2) is 48.1 Å². The summed E-state index contributed by atoms with van der Waals surface area (Å²) in [4.78, 5) is 26.1. The van der Waals surface area contributed by atoms with E-state index >= 15 is 0 Å². The van der Waals surface area contributed by atoms with Crippen LogP contribution in [0.3, 0.4) is 0 Å². The zero-order valence-corrected chi connectivity index (χ0v) is 11.9. The summed E-state index contributed by atoms with van der Waals surface area (Å²) in [7, 11) is 0. The Bertz CT molecular complexity index is 349. The third-order valence-corrected chi connectivity index (χ3v) is 3.93. The fourth-order valence-corrected chi connectivity index (χ4v) is 2.98. The van der Waals surface area contributed by atoms with Crippen molar-refractivity contribution in [3.8, 4) is 0 Å². The molecule has 1 heterocycles. The minimum absolute atomic E-state index is 0.0361. The fourth-order valence-electron chi connectivity index (χ4n) is 2.98. The Morgan fingerprint density at radius 3 is 2.58 bits per heavy atom. The quantitative estimate of drug-likeness (QED) is 0.830. The largest absolute Gasteiger partial charge is 0.377 e. The number of amides is 2. The summed E-state index contributed by atoms with van der Waals surface area (Å²) in [6.07, 6.45) is 4.89. The van der Waals surface area contributed by atoms with E-state index in [0.717, 1.165) is 32.1 Å². The van der Waals surface area contributed by atoms with Gasteiger partial charge in [0.25, 0.3) is 0 Å². The van der Waals surface area contributed by atoms with Crippen LogP contribution in [0.5, 0.6) is 0 Å². The van der Waals surface area contributed by atoms with Crippen LogP contribution < -0.4 is 5.32 Å². The molecular weight excluding hydrogens is 244 g/mol. The highest BCUT2D eigenvalue weighted by Gasteiger charge is 2.46. The maximum Gasteiger partial charge on any atom is 0.248 e. The molecular formula is C14H24N2O3. The first-order chi connectivity index (χ1) is 9.03. The van der Waals surface area contributed by atoms with Gasteiger partial charge in [-0.2, -0.15) is 0 Å². The van der Waals surface area contributed by atoms with Crippen molar-refractivity contribution in [3.05, 3.63) is 0 Å². The molecule has 2 rings (SSSR count). The number of hydrogen-bond donors (Lipinski definition) is 1. The van der Waals surface area contributed by atoms with Crippen LogP contribution in [-0.2, 0) is 14.3 Å². The predicted molar refractivity (Wildman–Crippen MR) is 71.6 cm³/mol. The molecule has 1 aliphatic carbocycles. The molecule has 1 saturated heterocycles. The van der Waals surface area contributed by atoms with E-state index in [2.05, 4.69) is 5.32 Å². The predicted octanol–water partition coefficient (Wildman–Crippen LogP) is 1.07. The van der Waals surface area contributed by atoms with E-state index in [1.54, 1.807) is 4.90 Å². The average Bonchev–Trinajstić information content (AvgIpc) is 2.36. The maximum atomic E-state index is 12.6. The Labute approximate surface area is 114 Å². The standard InChI is InChI=1S/C14H24N2O3/c1-11(2)19-9-8-16-10-12(17)15-14(13(16)18)6-4-3-5-7-14/h11H,3-10H2,1-2H3,(H,15,17). The molecule has 0 bridgehead atoms. The van der Waals surface area contributed by atoms with Crippen molar-refractivity contribution in [3.63, 3.8) is 0 Å². The van der Waals surface area contributed by atoms with Crippen molar-refractivity contribution in [2.24, 2.45) is 0 Å². The zero-order valence-electron chi connectivity index (χ0n) is 11.9. The normalized spacial score (nSPS) is 23.0. The number of rotatable bonds is 4. The number of ether oxygens (including phenoxy) is 1. The fraction of sp³-hybridized carbons (Fsp3) is 0.857. The molecule has 0 aromatic rings. The SMILES string of the molecule is CC(C)OCCN1CC(=O)NC2(CCCCC2)C1=O. The molecule has 1 spiro atoms. The van der Waals surface area contributed by atoms with E-state index in [1.807, 2.05) is 13.8 Å². The maximum absolute atomic E-state index is 12.6. The summed E-state index contributed by atoms with van der Waals surface area (Å²) in [5, 5.41) is 2.94. The van der Waals surface area contributed by atoms with Crippen molar-refractivity contribution >= 4 is 11.8 Å². The molecule has 0 atom stereocenters. The molecule has 1 aliphatic heterocycles. The molecule has 19 heavy (non-hydrogen) atoms. The van der Waals surface area contributed by atoms with E-state index in [4.69, 9.17) is 4.74 Å². The molecule has 0 unspecified atom stereocenters. The second-order valence-corrected chi connectivity index (χ2v) is 5.84. The third kappa shape index (κ3) is 3.26. The van der Waals surface area contributed by atoms with E-state index in [0.29, 0.717) is 13.2 Å². The Morgan fingerprint density at radius 2 is 1.95 bits per heavy atom. The van der Waals surface area contributed by atoms with Crippen LogP contribution in [0, 0.1) is 0 Å². The Morgan fingerprint density at radius 1 is 1.26 bits per heavy atom. The van der Waals surface area contributed by atoms with Gasteiger partial charge in [0.15, 0.2) is 0 Å². The molecule has 2 aliphatic rings. The molecule has 1 saturated carbocycles. The van der Waals surface area contributed by atoms with Gasteiger partial charge in [-0.25, -0.2) is 0 Å². The number of nitrogens with one attached hydrogen (secondary N) is 1. The van der Waals surface area contributed by atoms with Crippen molar-refractivity contribution in [1.29, 1.82) is 0 Å². The second-order valence-electron chi connectivity index (χ2n) is 5.84. The van der Waals surface area contributed by atoms with E-state index in [-0.39, 0.29) is 24.5 Å². The van der Waals surface area contributed by atoms with Gasteiger partial charge in [0.1, 0.15) is 5.54 Å². The van der Waals surface area contributed by atoms with E-state index in [9.17, 15) is 9.59 Å². The first-order valence-electron chi connectivity index (χ1n) is 7.25. The minimum atomic E-state index is -0.620. The summed E-state index contributed by atoms with van der Waals surface area (Å²) >= 11 is 0. The number of nitrogens with zero attached hydrogens (tertiary/aromatic N) is 1. The van der Waals surface area contributed by atoms with Gasteiger partial charge in [-0.05, 0) is 26.7 Å². The lowest BCUT2D eigenvalue weighted by Crippen LogP contribution is -2.67. The summed E-state index contributed by atoms with van der Waals surface area (Å²) < 4.78 is 5.48. The lowest BCUT2D eigenvalue weighted by Gasteiger charge is -2.44. The van der Waals surface area contributed by atoms with Crippen molar-refractivity contribution < 1.29 is 14.3 Å². The highest BCUT2D eigenvalue weighted by Crippen LogP contribution is 2.31. The number of hydrogen-bond acceptors (Lipinski definition) is 3. The van der Waals surface area contributed by atoms with Gasteiger partial charge in [0.2, 0.25) is 11.8 Å². The zero-order chi connectivity index (χ0) is 13.9. The van der Waals surface area contributed by atoms with E-state index < -0.39 is 5.54 Å². The summed E-state index contributed by atoms with van der Waals surface area (Å²) in [5.41, 5.74) is -0.620. The van der Waals surface area contributed by atoms with Crippen LogP contribution in [0.25, 0.3) is 0 Å². The van der Waals surface area contributed by atoms with Gasteiger partial charge >= 0.3 is 0 Å². The van der Waals surface area contributed by atoms with Gasteiger partial charge < -0.3 is 15.0 Å². The molecule has 1 N–H and O–H groups in total.